The van der Waals surface area contributed by atoms with E-state index in [2.05, 4.69) is 0 Å². The second-order valence-electron chi connectivity index (χ2n) is 6.00. The van der Waals surface area contributed by atoms with E-state index in [4.69, 9.17) is 10.5 Å². The Labute approximate surface area is 149 Å². The lowest BCUT2D eigenvalue weighted by Crippen LogP contribution is -2.31. The SMILES string of the molecule is COc1ccc(C2CCCN2C(=O)c2cc(N)ccc2C)cc1.Cl. The molecule has 5 heteroatoms. The molecule has 2 aromatic rings. The van der Waals surface area contributed by atoms with Crippen LogP contribution in [0.3, 0.4) is 0 Å². The van der Waals surface area contributed by atoms with Crippen molar-refractivity contribution in [2.75, 3.05) is 19.4 Å². The summed E-state index contributed by atoms with van der Waals surface area (Å²) in [4.78, 5) is 14.9. The molecule has 2 aromatic carbocycles. The fraction of sp³-hybridized carbons (Fsp3) is 0.316. The van der Waals surface area contributed by atoms with Gasteiger partial charge in [-0.05, 0) is 55.2 Å². The summed E-state index contributed by atoms with van der Waals surface area (Å²) in [6, 6.07) is 13.6. The van der Waals surface area contributed by atoms with Crippen LogP contribution in [0.4, 0.5) is 5.69 Å². The highest BCUT2D eigenvalue weighted by Crippen LogP contribution is 2.34. The second kappa shape index (κ2) is 7.58. The number of carbonyl (C=O) groups is 1. The van der Waals surface area contributed by atoms with Crippen molar-refractivity contribution in [2.45, 2.75) is 25.8 Å². The Morgan fingerprint density at radius 1 is 1.21 bits per heavy atom. The molecule has 2 N–H and O–H groups in total. The largest absolute Gasteiger partial charge is 0.497 e. The number of halogens is 1. The number of methoxy groups -OCH3 is 1. The van der Waals surface area contributed by atoms with Crippen molar-refractivity contribution in [3.63, 3.8) is 0 Å². The van der Waals surface area contributed by atoms with Gasteiger partial charge in [-0.3, -0.25) is 4.79 Å². The van der Waals surface area contributed by atoms with Gasteiger partial charge in [-0.25, -0.2) is 0 Å². The maximum atomic E-state index is 13.0. The van der Waals surface area contributed by atoms with E-state index in [9.17, 15) is 4.79 Å². The second-order valence-corrected chi connectivity index (χ2v) is 6.00. The molecule has 3 rings (SSSR count). The quantitative estimate of drug-likeness (QED) is 0.855. The van der Waals surface area contributed by atoms with Gasteiger partial charge in [-0.15, -0.1) is 12.4 Å². The number of rotatable bonds is 3. The third-order valence-electron chi connectivity index (χ3n) is 4.51. The molecule has 24 heavy (non-hydrogen) atoms. The van der Waals surface area contributed by atoms with Crippen molar-refractivity contribution in [1.29, 1.82) is 0 Å². The molecule has 0 aromatic heterocycles. The molecule has 1 heterocycles. The summed E-state index contributed by atoms with van der Waals surface area (Å²) in [7, 11) is 1.66. The van der Waals surface area contributed by atoms with Crippen LogP contribution in [-0.2, 0) is 0 Å². The Morgan fingerprint density at radius 2 is 1.92 bits per heavy atom. The van der Waals surface area contributed by atoms with Crippen molar-refractivity contribution in [2.24, 2.45) is 0 Å². The summed E-state index contributed by atoms with van der Waals surface area (Å²) >= 11 is 0. The molecular weight excluding hydrogens is 324 g/mol. The highest BCUT2D eigenvalue weighted by molar-refractivity contribution is 5.97. The van der Waals surface area contributed by atoms with Crippen LogP contribution >= 0.6 is 12.4 Å². The van der Waals surface area contributed by atoms with Crippen molar-refractivity contribution >= 4 is 24.0 Å². The molecule has 0 bridgehead atoms. The van der Waals surface area contributed by atoms with E-state index >= 15 is 0 Å². The van der Waals surface area contributed by atoms with Crippen LogP contribution in [0.2, 0.25) is 0 Å². The number of nitrogens with two attached hydrogens (primary N) is 1. The first-order valence-electron chi connectivity index (χ1n) is 7.91. The predicted octanol–water partition coefficient (Wildman–Crippen LogP) is 3.98. The molecule has 1 amide bonds. The number of ether oxygens (including phenoxy) is 1. The molecule has 0 spiro atoms. The van der Waals surface area contributed by atoms with Crippen LogP contribution in [0, 0.1) is 6.92 Å². The maximum absolute atomic E-state index is 13.0. The van der Waals surface area contributed by atoms with Crippen molar-refractivity contribution in [3.05, 3.63) is 59.2 Å². The van der Waals surface area contributed by atoms with Crippen molar-refractivity contribution in [3.8, 4) is 5.75 Å². The van der Waals surface area contributed by atoms with Crippen LogP contribution in [0.1, 0.15) is 40.4 Å². The zero-order chi connectivity index (χ0) is 16.4. The number of hydrogen-bond donors (Lipinski definition) is 1. The number of nitrogen functional groups attached to an aromatic ring is 1. The predicted molar refractivity (Wildman–Crippen MR) is 98.8 cm³/mol. The number of nitrogens with zero attached hydrogens (tertiary/aromatic N) is 1. The highest BCUT2D eigenvalue weighted by atomic mass is 35.5. The third kappa shape index (κ3) is 3.49. The number of benzene rings is 2. The molecule has 128 valence electrons. The minimum Gasteiger partial charge on any atom is -0.497 e. The Balaban J connectivity index is 0.00000208. The Hall–Kier alpha value is -2.20. The molecule has 0 aliphatic carbocycles. The standard InChI is InChI=1S/C19H22N2O2.ClH/c1-13-5-8-15(20)12-17(13)19(22)21-11-3-4-18(21)14-6-9-16(23-2)10-7-14;/h5-10,12,18H,3-4,11,20H2,1-2H3;1H. The Kier molecular flexibility index (Phi) is 5.73. The van der Waals surface area contributed by atoms with Crippen LogP contribution in [0.25, 0.3) is 0 Å². The van der Waals surface area contributed by atoms with Gasteiger partial charge in [-0.2, -0.15) is 0 Å². The van der Waals surface area contributed by atoms with E-state index < -0.39 is 0 Å². The first-order chi connectivity index (χ1) is 11.1. The molecule has 4 nitrogen and oxygen atoms in total. The third-order valence-corrected chi connectivity index (χ3v) is 4.51. The Morgan fingerprint density at radius 3 is 2.58 bits per heavy atom. The zero-order valence-corrected chi connectivity index (χ0v) is 14.8. The van der Waals surface area contributed by atoms with E-state index in [1.807, 2.05) is 48.2 Å². The molecule has 0 radical (unpaired) electrons. The fourth-order valence-electron chi connectivity index (χ4n) is 3.21. The van der Waals surface area contributed by atoms with Crippen molar-refractivity contribution < 1.29 is 9.53 Å². The van der Waals surface area contributed by atoms with Gasteiger partial charge < -0.3 is 15.4 Å². The minimum atomic E-state index is 0. The molecule has 0 saturated carbocycles. The fourth-order valence-corrected chi connectivity index (χ4v) is 3.21. The molecule has 1 unspecified atom stereocenters. The van der Waals surface area contributed by atoms with Gasteiger partial charge in [0.1, 0.15) is 5.75 Å². The molecule has 1 aliphatic heterocycles. The summed E-state index contributed by atoms with van der Waals surface area (Å²) in [5, 5.41) is 0. The van der Waals surface area contributed by atoms with Crippen LogP contribution in [0.15, 0.2) is 42.5 Å². The summed E-state index contributed by atoms with van der Waals surface area (Å²) in [6.07, 6.45) is 2.00. The average Bonchev–Trinajstić information content (AvgIpc) is 3.06. The molecule has 1 aliphatic rings. The Bertz CT molecular complexity index is 716. The lowest BCUT2D eigenvalue weighted by atomic mass is 10.0. The van der Waals surface area contributed by atoms with Gasteiger partial charge in [0.2, 0.25) is 0 Å². The number of carbonyl (C=O) groups excluding carboxylic acids is 1. The molecule has 1 atom stereocenters. The van der Waals surface area contributed by atoms with Crippen LogP contribution in [0.5, 0.6) is 5.75 Å². The van der Waals surface area contributed by atoms with Crippen LogP contribution in [-0.4, -0.2) is 24.5 Å². The number of likely N-dealkylation sites (tertiary alicyclic amines) is 1. The summed E-state index contributed by atoms with van der Waals surface area (Å²) < 4.78 is 5.21. The topological polar surface area (TPSA) is 55.6 Å². The van der Waals surface area contributed by atoms with Gasteiger partial charge in [-0.1, -0.05) is 18.2 Å². The first kappa shape index (κ1) is 18.1. The number of hydrogen-bond acceptors (Lipinski definition) is 3. The molecule has 1 saturated heterocycles. The van der Waals surface area contributed by atoms with Gasteiger partial charge in [0.15, 0.2) is 0 Å². The zero-order valence-electron chi connectivity index (χ0n) is 14.0. The first-order valence-corrected chi connectivity index (χ1v) is 7.91. The maximum Gasteiger partial charge on any atom is 0.254 e. The van der Waals surface area contributed by atoms with Crippen LogP contribution < -0.4 is 10.5 Å². The van der Waals surface area contributed by atoms with Gasteiger partial charge in [0.05, 0.1) is 13.2 Å². The monoisotopic (exact) mass is 346 g/mol. The number of anilines is 1. The number of aryl methyl sites for hydroxylation is 1. The van der Waals surface area contributed by atoms with E-state index in [0.717, 1.165) is 36.3 Å². The van der Waals surface area contributed by atoms with Gasteiger partial charge >= 0.3 is 0 Å². The van der Waals surface area contributed by atoms with Gasteiger partial charge in [0, 0.05) is 17.8 Å². The highest BCUT2D eigenvalue weighted by Gasteiger charge is 2.31. The van der Waals surface area contributed by atoms with Gasteiger partial charge in [0.25, 0.3) is 5.91 Å². The summed E-state index contributed by atoms with van der Waals surface area (Å²) in [5.41, 5.74) is 9.29. The number of amides is 1. The van der Waals surface area contributed by atoms with E-state index in [-0.39, 0.29) is 24.4 Å². The minimum absolute atomic E-state index is 0. The van der Waals surface area contributed by atoms with E-state index in [1.165, 1.54) is 0 Å². The van der Waals surface area contributed by atoms with E-state index in [0.29, 0.717) is 11.3 Å². The lowest BCUT2D eigenvalue weighted by Gasteiger charge is -2.26. The summed E-state index contributed by atoms with van der Waals surface area (Å²) in [5.74, 6) is 0.893. The summed E-state index contributed by atoms with van der Waals surface area (Å²) in [6.45, 7) is 2.73. The molecular formula is C19H23ClN2O2. The smallest absolute Gasteiger partial charge is 0.254 e. The normalized spacial score (nSPS) is 16.6. The molecule has 1 fully saturated rings. The van der Waals surface area contributed by atoms with Crippen molar-refractivity contribution in [1.82, 2.24) is 4.90 Å². The lowest BCUT2D eigenvalue weighted by molar-refractivity contribution is 0.0735. The average molecular weight is 347 g/mol. The van der Waals surface area contributed by atoms with E-state index in [1.54, 1.807) is 13.2 Å².